The van der Waals surface area contributed by atoms with E-state index in [0.717, 1.165) is 19.3 Å². The third kappa shape index (κ3) is 4.32. The van der Waals surface area contributed by atoms with Gasteiger partial charge in [-0.05, 0) is 43.6 Å². The Morgan fingerprint density at radius 2 is 1.77 bits per heavy atom. The Hall–Kier alpha value is -0.870. The van der Waals surface area contributed by atoms with E-state index in [-0.39, 0.29) is 6.04 Å². The van der Waals surface area contributed by atoms with E-state index in [4.69, 9.17) is 0 Å². The molecule has 3 rings (SSSR count). The predicted molar refractivity (Wildman–Crippen MR) is 90.7 cm³/mol. The van der Waals surface area contributed by atoms with Gasteiger partial charge in [0.1, 0.15) is 0 Å². The smallest absolute Gasteiger partial charge is 0.151 e. The number of rotatable bonds is 5. The molecular formula is C18H27NO2S. The molecule has 1 heterocycles. The zero-order valence-electron chi connectivity index (χ0n) is 13.2. The Bertz CT molecular complexity index is 564. The van der Waals surface area contributed by atoms with Crippen molar-refractivity contribution in [3.05, 3.63) is 35.9 Å². The molecule has 1 aromatic carbocycles. The van der Waals surface area contributed by atoms with E-state index >= 15 is 0 Å². The highest BCUT2D eigenvalue weighted by Gasteiger charge is 2.30. The first-order valence-corrected chi connectivity index (χ1v) is 10.4. The van der Waals surface area contributed by atoms with Gasteiger partial charge in [0.25, 0.3) is 0 Å². The van der Waals surface area contributed by atoms with E-state index in [9.17, 15) is 8.42 Å². The maximum atomic E-state index is 11.9. The molecule has 4 heteroatoms. The Balaban J connectivity index is 1.68. The highest BCUT2D eigenvalue weighted by atomic mass is 32.2. The summed E-state index contributed by atoms with van der Waals surface area (Å²) in [5.41, 5.74) is 1.35. The fourth-order valence-electron chi connectivity index (χ4n) is 4.05. The van der Waals surface area contributed by atoms with Crippen LogP contribution in [-0.2, 0) is 16.3 Å². The number of nitrogens with one attached hydrogen (secondary N) is 1. The molecule has 1 N–H and O–H groups in total. The van der Waals surface area contributed by atoms with Gasteiger partial charge in [-0.25, -0.2) is 8.42 Å². The topological polar surface area (TPSA) is 46.2 Å². The average molecular weight is 321 g/mol. The molecule has 122 valence electrons. The highest BCUT2D eigenvalue weighted by molar-refractivity contribution is 7.91. The lowest BCUT2D eigenvalue weighted by Gasteiger charge is -2.32. The van der Waals surface area contributed by atoms with Gasteiger partial charge in [-0.3, -0.25) is 0 Å². The molecule has 22 heavy (non-hydrogen) atoms. The van der Waals surface area contributed by atoms with Gasteiger partial charge < -0.3 is 5.32 Å². The molecule has 2 fully saturated rings. The monoisotopic (exact) mass is 321 g/mol. The molecule has 1 aliphatic heterocycles. The van der Waals surface area contributed by atoms with Crippen LogP contribution in [0.2, 0.25) is 0 Å². The van der Waals surface area contributed by atoms with Crippen molar-refractivity contribution in [2.45, 2.75) is 57.0 Å². The van der Waals surface area contributed by atoms with E-state index in [0.29, 0.717) is 23.5 Å². The van der Waals surface area contributed by atoms with E-state index < -0.39 is 9.84 Å². The third-order valence-electron chi connectivity index (χ3n) is 5.18. The van der Waals surface area contributed by atoms with Crippen molar-refractivity contribution in [3.8, 4) is 0 Å². The largest absolute Gasteiger partial charge is 0.310 e. The normalized spacial score (nSPS) is 26.8. The van der Waals surface area contributed by atoms with Crippen LogP contribution in [0.15, 0.2) is 30.3 Å². The number of sulfone groups is 1. The summed E-state index contributed by atoms with van der Waals surface area (Å²) in [5.74, 6) is 1.40. The van der Waals surface area contributed by atoms with E-state index in [1.807, 2.05) is 0 Å². The van der Waals surface area contributed by atoms with Crippen molar-refractivity contribution in [1.29, 1.82) is 0 Å². The van der Waals surface area contributed by atoms with Gasteiger partial charge in [0.15, 0.2) is 9.84 Å². The lowest BCUT2D eigenvalue weighted by molar-refractivity contribution is 0.316. The standard InChI is InChI=1S/C18H27NO2S/c20-22(21)12-6-11-17(14-22)19-18(16-9-4-5-10-16)13-15-7-2-1-3-8-15/h1-3,7-8,16-19H,4-6,9-14H2/t17-,18+/m1/s1. The lowest BCUT2D eigenvalue weighted by Crippen LogP contribution is -2.48. The fraction of sp³-hybridized carbons (Fsp3) is 0.667. The average Bonchev–Trinajstić information content (AvgIpc) is 3.01. The maximum Gasteiger partial charge on any atom is 0.151 e. The number of benzene rings is 1. The Morgan fingerprint density at radius 3 is 2.45 bits per heavy atom. The second kappa shape index (κ2) is 7.14. The van der Waals surface area contributed by atoms with Gasteiger partial charge in [0.05, 0.1) is 11.5 Å². The van der Waals surface area contributed by atoms with Crippen LogP contribution in [0.1, 0.15) is 44.1 Å². The molecule has 1 saturated carbocycles. The minimum Gasteiger partial charge on any atom is -0.310 e. The lowest BCUT2D eigenvalue weighted by atomic mass is 9.91. The molecule has 1 saturated heterocycles. The highest BCUT2D eigenvalue weighted by Crippen LogP contribution is 2.30. The quantitative estimate of drug-likeness (QED) is 0.907. The van der Waals surface area contributed by atoms with Crippen LogP contribution in [0.25, 0.3) is 0 Å². The first kappa shape index (κ1) is 16.0. The summed E-state index contributed by atoms with van der Waals surface area (Å²) < 4.78 is 23.8. The molecule has 0 aromatic heterocycles. The Labute approximate surface area is 134 Å². The van der Waals surface area contributed by atoms with Crippen LogP contribution < -0.4 is 5.32 Å². The molecule has 1 aromatic rings. The number of hydrogen-bond donors (Lipinski definition) is 1. The molecule has 1 aliphatic carbocycles. The summed E-state index contributed by atoms with van der Waals surface area (Å²) >= 11 is 0. The van der Waals surface area contributed by atoms with Crippen LogP contribution >= 0.6 is 0 Å². The fourth-order valence-corrected chi connectivity index (χ4v) is 5.70. The van der Waals surface area contributed by atoms with Crippen LogP contribution in [0, 0.1) is 5.92 Å². The van der Waals surface area contributed by atoms with Gasteiger partial charge in [-0.2, -0.15) is 0 Å². The zero-order chi connectivity index (χ0) is 15.4. The first-order chi connectivity index (χ1) is 10.6. The Morgan fingerprint density at radius 1 is 1.05 bits per heavy atom. The van der Waals surface area contributed by atoms with Crippen LogP contribution in [-0.4, -0.2) is 32.0 Å². The Kier molecular flexibility index (Phi) is 5.19. The molecule has 0 radical (unpaired) electrons. The van der Waals surface area contributed by atoms with Gasteiger partial charge in [-0.15, -0.1) is 0 Å². The van der Waals surface area contributed by atoms with Gasteiger partial charge in [0.2, 0.25) is 0 Å². The van der Waals surface area contributed by atoms with Crippen molar-refractivity contribution >= 4 is 9.84 Å². The molecule has 2 aliphatic rings. The summed E-state index contributed by atoms with van der Waals surface area (Å²) in [6, 6.07) is 11.2. The van der Waals surface area contributed by atoms with Crippen LogP contribution in [0.5, 0.6) is 0 Å². The molecule has 0 amide bonds. The molecule has 0 spiro atoms. The van der Waals surface area contributed by atoms with Gasteiger partial charge in [-0.1, -0.05) is 43.2 Å². The summed E-state index contributed by atoms with van der Waals surface area (Å²) in [6.07, 6.45) is 8.02. The molecule has 2 atom stereocenters. The molecule has 0 bridgehead atoms. The zero-order valence-corrected chi connectivity index (χ0v) is 14.0. The van der Waals surface area contributed by atoms with Crippen molar-refractivity contribution in [1.82, 2.24) is 5.32 Å². The first-order valence-electron chi connectivity index (χ1n) is 8.63. The summed E-state index contributed by atoms with van der Waals surface area (Å²) in [7, 11) is -2.84. The van der Waals surface area contributed by atoms with Gasteiger partial charge >= 0.3 is 0 Å². The minimum atomic E-state index is -2.84. The molecule has 0 unspecified atom stereocenters. The van der Waals surface area contributed by atoms with E-state index in [1.165, 1.54) is 31.2 Å². The third-order valence-corrected chi connectivity index (χ3v) is 7.00. The van der Waals surface area contributed by atoms with Crippen molar-refractivity contribution in [2.24, 2.45) is 5.92 Å². The van der Waals surface area contributed by atoms with E-state index in [1.54, 1.807) is 0 Å². The maximum absolute atomic E-state index is 11.9. The number of hydrogen-bond acceptors (Lipinski definition) is 3. The second-order valence-corrected chi connectivity index (χ2v) is 9.19. The SMILES string of the molecule is O=S1(=O)CCC[C@@H](N[C@@H](Cc2ccccc2)C2CCCC2)C1. The summed E-state index contributed by atoms with van der Waals surface area (Å²) in [4.78, 5) is 0. The second-order valence-electron chi connectivity index (χ2n) is 6.96. The molecule has 3 nitrogen and oxygen atoms in total. The van der Waals surface area contributed by atoms with Crippen molar-refractivity contribution in [2.75, 3.05) is 11.5 Å². The van der Waals surface area contributed by atoms with Crippen molar-refractivity contribution < 1.29 is 8.42 Å². The van der Waals surface area contributed by atoms with Gasteiger partial charge in [0, 0.05) is 12.1 Å². The summed E-state index contributed by atoms with van der Waals surface area (Å²) in [5, 5.41) is 3.72. The molecular weight excluding hydrogens is 294 g/mol. The predicted octanol–water partition coefficient (Wildman–Crippen LogP) is 2.95. The van der Waals surface area contributed by atoms with Crippen LogP contribution in [0.3, 0.4) is 0 Å². The van der Waals surface area contributed by atoms with Crippen LogP contribution in [0.4, 0.5) is 0 Å². The minimum absolute atomic E-state index is 0.146. The summed E-state index contributed by atoms with van der Waals surface area (Å²) in [6.45, 7) is 0. The van der Waals surface area contributed by atoms with E-state index in [2.05, 4.69) is 35.6 Å². The van der Waals surface area contributed by atoms with Crippen molar-refractivity contribution in [3.63, 3.8) is 0 Å².